The van der Waals surface area contributed by atoms with Crippen LogP contribution in [0.25, 0.3) is 0 Å². The van der Waals surface area contributed by atoms with E-state index in [4.69, 9.17) is 0 Å². The van der Waals surface area contributed by atoms with Gasteiger partial charge in [-0.05, 0) is 32.9 Å². The molecule has 20 heavy (non-hydrogen) atoms. The third-order valence-corrected chi connectivity index (χ3v) is 5.38. The number of hydrogen-bond donors (Lipinski definition) is 3. The molecular formula is C12H22N4O3S. The molecule has 2 heterocycles. The van der Waals surface area contributed by atoms with Gasteiger partial charge in [-0.1, -0.05) is 6.92 Å². The maximum absolute atomic E-state index is 12.5. The number of aromatic nitrogens is 2. The first-order valence-electron chi connectivity index (χ1n) is 6.87. The molecule has 1 aromatic rings. The lowest BCUT2D eigenvalue weighted by molar-refractivity contribution is 0.211. The van der Waals surface area contributed by atoms with Gasteiger partial charge < -0.3 is 10.0 Å². The Hall–Kier alpha value is -0.960. The molecule has 1 atom stereocenters. The molecule has 0 spiro atoms. The lowest BCUT2D eigenvalue weighted by atomic mass is 10.1. The fraction of sp³-hybridized carbons (Fsp3) is 0.750. The highest BCUT2D eigenvalue weighted by Gasteiger charge is 2.28. The van der Waals surface area contributed by atoms with E-state index < -0.39 is 16.6 Å². The van der Waals surface area contributed by atoms with Gasteiger partial charge >= 0.3 is 0 Å². The summed E-state index contributed by atoms with van der Waals surface area (Å²) in [5, 5.41) is 15.6. The van der Waals surface area contributed by atoms with Gasteiger partial charge in [0.25, 0.3) is 0 Å². The van der Waals surface area contributed by atoms with Crippen molar-refractivity contribution >= 4 is 10.0 Å². The molecule has 114 valence electrons. The summed E-state index contributed by atoms with van der Waals surface area (Å²) < 4.78 is 27.6. The zero-order chi connectivity index (χ0) is 14.8. The van der Waals surface area contributed by atoms with Gasteiger partial charge in [0.1, 0.15) is 10.6 Å². The van der Waals surface area contributed by atoms with Crippen LogP contribution >= 0.6 is 0 Å². The minimum Gasteiger partial charge on any atom is -0.390 e. The number of aromatic amines is 1. The largest absolute Gasteiger partial charge is 0.390 e. The number of aliphatic hydroxyl groups excluding tert-OH is 1. The van der Waals surface area contributed by atoms with Crippen molar-refractivity contribution in [2.24, 2.45) is 0 Å². The first-order valence-corrected chi connectivity index (χ1v) is 8.35. The number of rotatable bonds is 5. The van der Waals surface area contributed by atoms with E-state index in [0.717, 1.165) is 32.5 Å². The van der Waals surface area contributed by atoms with E-state index in [1.54, 1.807) is 6.92 Å². The van der Waals surface area contributed by atoms with Crippen LogP contribution in [0.4, 0.5) is 0 Å². The SMILES string of the molecule is CCN1CCCC(NS(=O)(=O)c2c(CO)n[nH]c2C)C1. The van der Waals surface area contributed by atoms with Gasteiger partial charge in [0.2, 0.25) is 10.0 Å². The zero-order valence-electron chi connectivity index (χ0n) is 11.9. The minimum atomic E-state index is -3.65. The van der Waals surface area contributed by atoms with Crippen LogP contribution in [0.1, 0.15) is 31.2 Å². The highest BCUT2D eigenvalue weighted by molar-refractivity contribution is 7.89. The van der Waals surface area contributed by atoms with Crippen LogP contribution in [0, 0.1) is 6.92 Å². The van der Waals surface area contributed by atoms with E-state index >= 15 is 0 Å². The van der Waals surface area contributed by atoms with Crippen LogP contribution < -0.4 is 4.72 Å². The molecule has 8 heteroatoms. The van der Waals surface area contributed by atoms with Crippen LogP contribution in [0.3, 0.4) is 0 Å². The fourth-order valence-electron chi connectivity index (χ4n) is 2.65. The Morgan fingerprint density at radius 1 is 1.55 bits per heavy atom. The molecule has 0 bridgehead atoms. The van der Waals surface area contributed by atoms with E-state index in [0.29, 0.717) is 5.69 Å². The number of H-pyrrole nitrogens is 1. The third kappa shape index (κ3) is 3.20. The topological polar surface area (TPSA) is 98.3 Å². The highest BCUT2D eigenvalue weighted by atomic mass is 32.2. The number of nitrogens with one attached hydrogen (secondary N) is 2. The van der Waals surface area contributed by atoms with E-state index in [-0.39, 0.29) is 16.6 Å². The number of nitrogens with zero attached hydrogens (tertiary/aromatic N) is 2. The average molecular weight is 302 g/mol. The molecule has 1 fully saturated rings. The summed E-state index contributed by atoms with van der Waals surface area (Å²) in [7, 11) is -3.65. The smallest absolute Gasteiger partial charge is 0.244 e. The Labute approximate surface area is 119 Å². The van der Waals surface area contributed by atoms with Crippen molar-refractivity contribution in [1.82, 2.24) is 19.8 Å². The molecule has 1 aliphatic rings. The Balaban J connectivity index is 2.16. The van der Waals surface area contributed by atoms with Crippen LogP contribution in [0.5, 0.6) is 0 Å². The second kappa shape index (κ2) is 6.21. The molecule has 2 rings (SSSR count). The maximum atomic E-state index is 12.5. The molecule has 7 nitrogen and oxygen atoms in total. The van der Waals surface area contributed by atoms with Gasteiger partial charge in [-0.2, -0.15) is 5.10 Å². The molecule has 1 aromatic heterocycles. The molecule has 0 aliphatic carbocycles. The predicted octanol–water partition coefficient (Wildman–Crippen LogP) is -0.0270. The van der Waals surface area contributed by atoms with Gasteiger partial charge in [0, 0.05) is 12.6 Å². The van der Waals surface area contributed by atoms with Gasteiger partial charge in [-0.25, -0.2) is 13.1 Å². The van der Waals surface area contributed by atoms with E-state index in [1.165, 1.54) is 0 Å². The van der Waals surface area contributed by atoms with E-state index in [9.17, 15) is 13.5 Å². The zero-order valence-corrected chi connectivity index (χ0v) is 12.7. The molecule has 1 unspecified atom stereocenters. The molecule has 1 saturated heterocycles. The minimum absolute atomic E-state index is 0.0774. The number of aryl methyl sites for hydroxylation is 1. The van der Waals surface area contributed by atoms with Crippen molar-refractivity contribution in [3.05, 3.63) is 11.4 Å². The molecular weight excluding hydrogens is 280 g/mol. The molecule has 1 aliphatic heterocycles. The maximum Gasteiger partial charge on any atom is 0.244 e. The Kier molecular flexibility index (Phi) is 4.79. The highest BCUT2D eigenvalue weighted by Crippen LogP contribution is 2.19. The van der Waals surface area contributed by atoms with Crippen molar-refractivity contribution in [3.8, 4) is 0 Å². The molecule has 0 amide bonds. The van der Waals surface area contributed by atoms with E-state index in [1.807, 2.05) is 0 Å². The lowest BCUT2D eigenvalue weighted by Gasteiger charge is -2.32. The standard InChI is InChI=1S/C12H22N4O3S/c1-3-16-6-4-5-10(7-16)15-20(18,19)12-9(2)13-14-11(12)8-17/h10,15,17H,3-8H2,1-2H3,(H,13,14). The van der Waals surface area contributed by atoms with Gasteiger partial charge in [-0.15, -0.1) is 0 Å². The first kappa shape index (κ1) is 15.4. The van der Waals surface area contributed by atoms with Crippen LogP contribution in [0.2, 0.25) is 0 Å². The van der Waals surface area contributed by atoms with Crippen molar-refractivity contribution in [2.45, 2.75) is 44.2 Å². The average Bonchev–Trinajstić information content (AvgIpc) is 2.80. The van der Waals surface area contributed by atoms with Gasteiger partial charge in [-0.3, -0.25) is 5.10 Å². The molecule has 3 N–H and O–H groups in total. The number of hydrogen-bond acceptors (Lipinski definition) is 5. The van der Waals surface area contributed by atoms with Crippen molar-refractivity contribution < 1.29 is 13.5 Å². The Bertz CT molecular complexity index is 555. The predicted molar refractivity (Wildman–Crippen MR) is 74.7 cm³/mol. The van der Waals surface area contributed by atoms with Gasteiger partial charge in [0.15, 0.2) is 0 Å². The van der Waals surface area contributed by atoms with Crippen molar-refractivity contribution in [3.63, 3.8) is 0 Å². The second-order valence-corrected chi connectivity index (χ2v) is 6.79. The second-order valence-electron chi connectivity index (χ2n) is 5.14. The number of likely N-dealkylation sites (tertiary alicyclic amines) is 1. The monoisotopic (exact) mass is 302 g/mol. The van der Waals surface area contributed by atoms with Crippen LogP contribution in [0.15, 0.2) is 4.90 Å². The van der Waals surface area contributed by atoms with Crippen LogP contribution in [-0.2, 0) is 16.6 Å². The quantitative estimate of drug-likeness (QED) is 0.709. The summed E-state index contributed by atoms with van der Waals surface area (Å²) in [6.45, 7) is 5.97. The number of aliphatic hydroxyl groups is 1. The van der Waals surface area contributed by atoms with Gasteiger partial charge in [0.05, 0.1) is 12.3 Å². The summed E-state index contributed by atoms with van der Waals surface area (Å²) in [6.07, 6.45) is 1.82. The number of sulfonamides is 1. The molecule has 0 saturated carbocycles. The molecule has 0 radical (unpaired) electrons. The number of likely N-dealkylation sites (N-methyl/N-ethyl adjacent to an activating group) is 1. The lowest BCUT2D eigenvalue weighted by Crippen LogP contribution is -2.47. The van der Waals surface area contributed by atoms with Crippen molar-refractivity contribution in [2.75, 3.05) is 19.6 Å². The third-order valence-electron chi connectivity index (χ3n) is 3.65. The first-order chi connectivity index (χ1) is 9.47. The molecule has 0 aromatic carbocycles. The number of piperidine rings is 1. The summed E-state index contributed by atoms with van der Waals surface area (Å²) >= 11 is 0. The summed E-state index contributed by atoms with van der Waals surface area (Å²) in [6, 6.07) is -0.0884. The summed E-state index contributed by atoms with van der Waals surface area (Å²) in [4.78, 5) is 2.31. The van der Waals surface area contributed by atoms with E-state index in [2.05, 4.69) is 26.7 Å². The Morgan fingerprint density at radius 3 is 2.95 bits per heavy atom. The van der Waals surface area contributed by atoms with Crippen molar-refractivity contribution in [1.29, 1.82) is 0 Å². The summed E-state index contributed by atoms with van der Waals surface area (Å²) in [5.41, 5.74) is 0.614. The fourth-order valence-corrected chi connectivity index (χ4v) is 4.27. The summed E-state index contributed by atoms with van der Waals surface area (Å²) in [5.74, 6) is 0. The Morgan fingerprint density at radius 2 is 2.30 bits per heavy atom. The van der Waals surface area contributed by atoms with Crippen LogP contribution in [-0.4, -0.2) is 54.3 Å². The normalized spacial score (nSPS) is 21.2.